The minimum absolute atomic E-state index is 0.000815. The fraction of sp³-hybridized carbons (Fsp3) is 0.188. The van der Waals surface area contributed by atoms with Gasteiger partial charge >= 0.3 is 0 Å². The van der Waals surface area contributed by atoms with Crippen molar-refractivity contribution in [2.24, 2.45) is 0 Å². The number of hydrogen-bond acceptors (Lipinski definition) is 4. The minimum Gasteiger partial charge on any atom is -0.505 e. The molecule has 1 aromatic heterocycles. The van der Waals surface area contributed by atoms with Crippen LogP contribution in [0.1, 0.15) is 11.1 Å². The SMILES string of the molecule is COc1c(C)cc2oc3c(Cl)cc(Cl)c(O)c3c(=O)c2c1C. The number of aryl methyl sites for hydroxylation is 2. The van der Waals surface area contributed by atoms with Gasteiger partial charge in [0.15, 0.2) is 5.58 Å². The Bertz CT molecular complexity index is 989. The second-order valence-electron chi connectivity index (χ2n) is 5.05. The summed E-state index contributed by atoms with van der Waals surface area (Å²) in [6.07, 6.45) is 0. The molecule has 1 heterocycles. The summed E-state index contributed by atoms with van der Waals surface area (Å²) < 4.78 is 11.1. The molecule has 0 fully saturated rings. The highest BCUT2D eigenvalue weighted by Crippen LogP contribution is 2.38. The third-order valence-corrected chi connectivity index (χ3v) is 4.27. The van der Waals surface area contributed by atoms with Gasteiger partial charge in [0, 0.05) is 5.56 Å². The van der Waals surface area contributed by atoms with Crippen molar-refractivity contribution < 1.29 is 14.3 Å². The van der Waals surface area contributed by atoms with Crippen LogP contribution in [0, 0.1) is 13.8 Å². The number of aromatic hydroxyl groups is 1. The molecule has 0 spiro atoms. The van der Waals surface area contributed by atoms with Crippen LogP contribution in [0.4, 0.5) is 0 Å². The molecule has 0 radical (unpaired) electrons. The van der Waals surface area contributed by atoms with Crippen LogP contribution in [0.2, 0.25) is 10.0 Å². The van der Waals surface area contributed by atoms with E-state index in [4.69, 9.17) is 32.4 Å². The predicted octanol–water partition coefficient (Wildman–Crippen LogP) is 4.58. The van der Waals surface area contributed by atoms with Crippen LogP contribution in [-0.4, -0.2) is 12.2 Å². The molecule has 6 heteroatoms. The van der Waals surface area contributed by atoms with Gasteiger partial charge in [0.25, 0.3) is 0 Å². The number of phenolic OH excluding ortho intramolecular Hbond substituents is 1. The van der Waals surface area contributed by atoms with Gasteiger partial charge in [0.2, 0.25) is 5.43 Å². The number of methoxy groups -OCH3 is 1. The first-order valence-corrected chi connectivity index (χ1v) is 7.24. The fourth-order valence-corrected chi connectivity index (χ4v) is 3.24. The number of ether oxygens (including phenoxy) is 1. The first-order chi connectivity index (χ1) is 10.4. The zero-order valence-electron chi connectivity index (χ0n) is 12.1. The lowest BCUT2D eigenvalue weighted by molar-refractivity contribution is 0.409. The molecule has 0 unspecified atom stereocenters. The van der Waals surface area contributed by atoms with Crippen LogP contribution < -0.4 is 10.2 Å². The Morgan fingerprint density at radius 1 is 1.14 bits per heavy atom. The van der Waals surface area contributed by atoms with E-state index in [0.717, 1.165) is 5.56 Å². The average molecular weight is 339 g/mol. The molecule has 0 saturated carbocycles. The Labute approximate surface area is 135 Å². The van der Waals surface area contributed by atoms with Gasteiger partial charge < -0.3 is 14.3 Å². The smallest absolute Gasteiger partial charge is 0.204 e. The summed E-state index contributed by atoms with van der Waals surface area (Å²) in [4.78, 5) is 12.8. The zero-order valence-corrected chi connectivity index (χ0v) is 13.6. The average Bonchev–Trinajstić information content (AvgIpc) is 2.44. The zero-order chi connectivity index (χ0) is 16.2. The van der Waals surface area contributed by atoms with Gasteiger partial charge in [-0.05, 0) is 31.5 Å². The van der Waals surface area contributed by atoms with Gasteiger partial charge in [-0.1, -0.05) is 23.2 Å². The van der Waals surface area contributed by atoms with Crippen LogP contribution in [0.5, 0.6) is 11.5 Å². The molecule has 0 amide bonds. The first kappa shape index (κ1) is 15.0. The van der Waals surface area contributed by atoms with Gasteiger partial charge in [-0.15, -0.1) is 0 Å². The molecule has 114 valence electrons. The lowest BCUT2D eigenvalue weighted by Gasteiger charge is -2.12. The van der Waals surface area contributed by atoms with Gasteiger partial charge in [-0.25, -0.2) is 0 Å². The van der Waals surface area contributed by atoms with Crippen molar-refractivity contribution in [2.75, 3.05) is 7.11 Å². The monoisotopic (exact) mass is 338 g/mol. The molecule has 0 aliphatic rings. The number of phenols is 1. The standard InChI is InChI=1S/C16H12Cl2O4/c1-6-4-10-11(7(2)15(6)21-3)14(20)12-13(19)8(17)5-9(18)16(12)22-10/h4-5,19H,1-3H3. The van der Waals surface area contributed by atoms with Gasteiger partial charge in [0.05, 0.1) is 22.5 Å². The van der Waals surface area contributed by atoms with Crippen LogP contribution in [0.15, 0.2) is 21.3 Å². The molecule has 0 atom stereocenters. The van der Waals surface area contributed by atoms with E-state index in [9.17, 15) is 9.90 Å². The molecule has 3 aromatic rings. The van der Waals surface area contributed by atoms with E-state index in [1.807, 2.05) is 6.92 Å². The first-order valence-electron chi connectivity index (χ1n) is 6.48. The maximum atomic E-state index is 12.8. The summed E-state index contributed by atoms with van der Waals surface area (Å²) in [5, 5.41) is 10.6. The molecular weight excluding hydrogens is 327 g/mol. The Morgan fingerprint density at radius 2 is 1.82 bits per heavy atom. The molecule has 0 saturated heterocycles. The number of fused-ring (bicyclic) bond motifs is 2. The lowest BCUT2D eigenvalue weighted by atomic mass is 10.0. The van der Waals surface area contributed by atoms with Crippen LogP contribution >= 0.6 is 23.2 Å². The van der Waals surface area contributed by atoms with Crippen LogP contribution in [0.3, 0.4) is 0 Å². The predicted molar refractivity (Wildman–Crippen MR) is 87.7 cm³/mol. The summed E-state index contributed by atoms with van der Waals surface area (Å²) in [5.41, 5.74) is 1.59. The van der Waals surface area contributed by atoms with E-state index in [-0.39, 0.29) is 26.8 Å². The highest BCUT2D eigenvalue weighted by atomic mass is 35.5. The Kier molecular flexibility index (Phi) is 3.46. The fourth-order valence-electron chi connectivity index (χ4n) is 2.74. The highest BCUT2D eigenvalue weighted by molar-refractivity contribution is 6.39. The van der Waals surface area contributed by atoms with Gasteiger partial charge in [-0.3, -0.25) is 4.79 Å². The second kappa shape index (κ2) is 5.07. The van der Waals surface area contributed by atoms with Gasteiger partial charge in [-0.2, -0.15) is 0 Å². The molecule has 2 aromatic carbocycles. The van der Waals surface area contributed by atoms with E-state index in [2.05, 4.69) is 0 Å². The topological polar surface area (TPSA) is 59.7 Å². The molecule has 22 heavy (non-hydrogen) atoms. The van der Waals surface area contributed by atoms with Crippen molar-refractivity contribution in [3.63, 3.8) is 0 Å². The van der Waals surface area contributed by atoms with E-state index in [1.165, 1.54) is 13.2 Å². The van der Waals surface area contributed by atoms with E-state index in [1.54, 1.807) is 13.0 Å². The lowest BCUT2D eigenvalue weighted by Crippen LogP contribution is -2.06. The third kappa shape index (κ3) is 1.95. The van der Waals surface area contributed by atoms with Crippen molar-refractivity contribution in [2.45, 2.75) is 13.8 Å². The molecular formula is C16H12Cl2O4. The van der Waals surface area contributed by atoms with Crippen LogP contribution in [0.25, 0.3) is 21.9 Å². The molecule has 0 bridgehead atoms. The van der Waals surface area contributed by atoms with Crippen molar-refractivity contribution in [1.29, 1.82) is 0 Å². The van der Waals surface area contributed by atoms with E-state index < -0.39 is 5.43 Å². The Balaban J connectivity index is 2.66. The maximum Gasteiger partial charge on any atom is 0.204 e. The Hall–Kier alpha value is -1.91. The number of halogens is 2. The minimum atomic E-state index is -0.394. The summed E-state index contributed by atoms with van der Waals surface area (Å²) in [7, 11) is 1.54. The maximum absolute atomic E-state index is 12.8. The number of hydrogen-bond donors (Lipinski definition) is 1. The third-order valence-electron chi connectivity index (χ3n) is 3.70. The quantitative estimate of drug-likeness (QED) is 0.659. The van der Waals surface area contributed by atoms with E-state index in [0.29, 0.717) is 22.3 Å². The highest BCUT2D eigenvalue weighted by Gasteiger charge is 2.20. The van der Waals surface area contributed by atoms with Crippen molar-refractivity contribution in [3.05, 3.63) is 43.5 Å². The Morgan fingerprint density at radius 3 is 2.45 bits per heavy atom. The van der Waals surface area contributed by atoms with Crippen molar-refractivity contribution in [1.82, 2.24) is 0 Å². The van der Waals surface area contributed by atoms with Crippen LogP contribution in [-0.2, 0) is 0 Å². The van der Waals surface area contributed by atoms with Gasteiger partial charge in [0.1, 0.15) is 22.5 Å². The summed E-state index contributed by atoms with van der Waals surface area (Å²) in [5.74, 6) is 0.266. The molecule has 0 aliphatic carbocycles. The molecule has 0 aliphatic heterocycles. The summed E-state index contributed by atoms with van der Waals surface area (Å²) >= 11 is 12.0. The summed E-state index contributed by atoms with van der Waals surface area (Å²) in [6.45, 7) is 3.62. The molecule has 1 N–H and O–H groups in total. The number of rotatable bonds is 1. The summed E-state index contributed by atoms with van der Waals surface area (Å²) in [6, 6.07) is 3.06. The molecule has 3 rings (SSSR count). The number of benzene rings is 2. The van der Waals surface area contributed by atoms with Crippen molar-refractivity contribution >= 4 is 45.1 Å². The second-order valence-corrected chi connectivity index (χ2v) is 5.86. The largest absolute Gasteiger partial charge is 0.505 e. The van der Waals surface area contributed by atoms with Crippen molar-refractivity contribution in [3.8, 4) is 11.5 Å². The molecule has 4 nitrogen and oxygen atoms in total. The van der Waals surface area contributed by atoms with E-state index >= 15 is 0 Å². The normalized spacial score (nSPS) is 11.3.